The number of aromatic amines is 1. The molecule has 0 aliphatic heterocycles. The Kier molecular flexibility index (Phi) is 3.89. The number of carbonyl (C=O) groups excluding carboxylic acids is 1. The van der Waals surface area contributed by atoms with E-state index in [4.69, 9.17) is 0 Å². The number of rotatable bonds is 4. The van der Waals surface area contributed by atoms with Crippen LogP contribution in [0.5, 0.6) is 0 Å². The van der Waals surface area contributed by atoms with Crippen LogP contribution in [0.1, 0.15) is 25.5 Å². The minimum atomic E-state index is -0.336. The number of methoxy groups -OCH3 is 1. The van der Waals surface area contributed by atoms with Gasteiger partial charge in [0.05, 0.1) is 12.9 Å². The second-order valence-electron chi connectivity index (χ2n) is 4.22. The van der Waals surface area contributed by atoms with Crippen LogP contribution in [-0.4, -0.2) is 38.4 Å². The molecule has 2 aromatic rings. The normalized spacial score (nSPS) is 11.2. The zero-order valence-corrected chi connectivity index (χ0v) is 11.7. The topological polar surface area (TPSA) is 89.3 Å². The Labute approximate surface area is 113 Å². The molecule has 0 bridgehead atoms. The van der Waals surface area contributed by atoms with E-state index in [1.54, 1.807) is 4.40 Å². The Morgan fingerprint density at radius 3 is 2.89 bits per heavy atom. The first-order chi connectivity index (χ1) is 9.02. The van der Waals surface area contributed by atoms with E-state index in [9.17, 15) is 9.59 Å². The van der Waals surface area contributed by atoms with E-state index in [0.717, 1.165) is 5.69 Å². The van der Waals surface area contributed by atoms with E-state index in [1.165, 1.54) is 24.9 Å². The molecule has 0 saturated carbocycles. The molecule has 0 spiro atoms. The van der Waals surface area contributed by atoms with Gasteiger partial charge in [-0.1, -0.05) is 25.6 Å². The van der Waals surface area contributed by atoms with E-state index in [0.29, 0.717) is 10.9 Å². The number of nitrogens with one attached hydrogen (secondary N) is 1. The fraction of sp³-hybridized carbons (Fsp3) is 0.455. The summed E-state index contributed by atoms with van der Waals surface area (Å²) in [6.45, 7) is 3.95. The van der Waals surface area contributed by atoms with E-state index in [1.807, 2.05) is 13.8 Å². The summed E-state index contributed by atoms with van der Waals surface area (Å²) in [6.07, 6.45) is 0. The van der Waals surface area contributed by atoms with Crippen molar-refractivity contribution in [2.75, 3.05) is 12.9 Å². The highest BCUT2D eigenvalue weighted by Crippen LogP contribution is 2.21. The molecule has 0 unspecified atom stereocenters. The average Bonchev–Trinajstić information content (AvgIpc) is 2.77. The molecule has 2 rings (SSSR count). The van der Waals surface area contributed by atoms with Crippen molar-refractivity contribution in [2.24, 2.45) is 0 Å². The number of ether oxygens (including phenoxy) is 1. The number of nitrogens with zero attached hydrogens (tertiary/aromatic N) is 3. The third kappa shape index (κ3) is 2.78. The van der Waals surface area contributed by atoms with E-state index < -0.39 is 0 Å². The van der Waals surface area contributed by atoms with E-state index in [-0.39, 0.29) is 23.2 Å². The van der Waals surface area contributed by atoms with Crippen LogP contribution in [-0.2, 0) is 9.53 Å². The van der Waals surface area contributed by atoms with Crippen molar-refractivity contribution in [1.82, 2.24) is 19.6 Å². The largest absolute Gasteiger partial charge is 0.468 e. The second kappa shape index (κ2) is 5.43. The molecule has 102 valence electrons. The van der Waals surface area contributed by atoms with Gasteiger partial charge in [-0.25, -0.2) is 0 Å². The monoisotopic (exact) mass is 282 g/mol. The molecule has 0 radical (unpaired) electrons. The summed E-state index contributed by atoms with van der Waals surface area (Å²) in [7, 11) is 1.34. The van der Waals surface area contributed by atoms with Gasteiger partial charge in [-0.3, -0.25) is 19.0 Å². The highest BCUT2D eigenvalue weighted by Gasteiger charge is 2.15. The predicted molar refractivity (Wildman–Crippen MR) is 70.4 cm³/mol. The second-order valence-corrected chi connectivity index (χ2v) is 5.16. The summed E-state index contributed by atoms with van der Waals surface area (Å²) in [5, 5.41) is 8.45. The van der Waals surface area contributed by atoms with E-state index >= 15 is 0 Å². The van der Waals surface area contributed by atoms with Crippen LogP contribution in [0, 0.1) is 0 Å². The minimum absolute atomic E-state index is 0.137. The molecule has 0 amide bonds. The van der Waals surface area contributed by atoms with Crippen molar-refractivity contribution in [3.05, 3.63) is 22.1 Å². The molecule has 0 saturated heterocycles. The van der Waals surface area contributed by atoms with Crippen molar-refractivity contribution in [3.8, 4) is 0 Å². The first-order valence-electron chi connectivity index (χ1n) is 5.71. The van der Waals surface area contributed by atoms with Gasteiger partial charge < -0.3 is 4.74 Å². The molecule has 0 aliphatic carbocycles. The van der Waals surface area contributed by atoms with Gasteiger partial charge in [0.25, 0.3) is 5.56 Å². The molecular weight excluding hydrogens is 268 g/mol. The summed E-state index contributed by atoms with van der Waals surface area (Å²) in [5.74, 6) is 0.327. The van der Waals surface area contributed by atoms with Crippen LogP contribution in [0.25, 0.3) is 5.78 Å². The molecule has 0 aromatic carbocycles. The lowest BCUT2D eigenvalue weighted by Crippen LogP contribution is -2.13. The van der Waals surface area contributed by atoms with Gasteiger partial charge in [-0.15, -0.1) is 10.2 Å². The quantitative estimate of drug-likeness (QED) is 0.659. The number of esters is 1. The first kappa shape index (κ1) is 13.6. The van der Waals surface area contributed by atoms with Gasteiger partial charge >= 0.3 is 5.97 Å². The Bertz CT molecular complexity index is 661. The maximum atomic E-state index is 11.5. The zero-order chi connectivity index (χ0) is 14.0. The summed E-state index contributed by atoms with van der Waals surface area (Å²) in [5.41, 5.74) is 0.587. The number of thioether (sulfide) groups is 1. The average molecular weight is 282 g/mol. The number of fused-ring (bicyclic) bond motifs is 1. The van der Waals surface area contributed by atoms with Gasteiger partial charge in [-0.2, -0.15) is 0 Å². The van der Waals surface area contributed by atoms with Crippen LogP contribution in [0.4, 0.5) is 0 Å². The van der Waals surface area contributed by atoms with Gasteiger partial charge in [0.15, 0.2) is 5.16 Å². The predicted octanol–water partition coefficient (Wildman–Crippen LogP) is 0.806. The first-order valence-corrected chi connectivity index (χ1v) is 6.69. The van der Waals surface area contributed by atoms with Gasteiger partial charge in [0, 0.05) is 11.8 Å². The Morgan fingerprint density at radius 2 is 2.26 bits per heavy atom. The molecule has 8 heteroatoms. The SMILES string of the molecule is COC(=O)CSc1nnc2[nH]c(=O)cc(C(C)C)n12. The van der Waals surface area contributed by atoms with Crippen molar-refractivity contribution in [2.45, 2.75) is 24.9 Å². The highest BCUT2D eigenvalue weighted by atomic mass is 32.2. The third-order valence-corrected chi connectivity index (χ3v) is 3.45. The van der Waals surface area contributed by atoms with E-state index in [2.05, 4.69) is 19.9 Å². The number of hydrogen-bond acceptors (Lipinski definition) is 6. The standard InChI is InChI=1S/C11H14N4O3S/c1-6(2)7-4-8(16)12-10-13-14-11(15(7)10)19-5-9(17)18-3/h4,6H,5H2,1-3H3,(H,12,13,16). The van der Waals surface area contributed by atoms with Gasteiger partial charge in [-0.05, 0) is 5.92 Å². The lowest BCUT2D eigenvalue weighted by Gasteiger charge is -2.09. The molecule has 19 heavy (non-hydrogen) atoms. The highest BCUT2D eigenvalue weighted by molar-refractivity contribution is 7.99. The van der Waals surface area contributed by atoms with Crippen LogP contribution >= 0.6 is 11.8 Å². The fourth-order valence-electron chi connectivity index (χ4n) is 1.63. The van der Waals surface area contributed by atoms with Crippen LogP contribution in [0.15, 0.2) is 16.0 Å². The smallest absolute Gasteiger partial charge is 0.316 e. The lowest BCUT2D eigenvalue weighted by atomic mass is 10.1. The molecule has 1 N–H and O–H groups in total. The molecule has 0 aliphatic rings. The summed E-state index contributed by atoms with van der Waals surface area (Å²) in [4.78, 5) is 25.3. The molecule has 2 heterocycles. The molecule has 0 atom stereocenters. The van der Waals surface area contributed by atoms with Crippen molar-refractivity contribution in [1.29, 1.82) is 0 Å². The van der Waals surface area contributed by atoms with Crippen molar-refractivity contribution in [3.63, 3.8) is 0 Å². The van der Waals surface area contributed by atoms with Crippen LogP contribution in [0.3, 0.4) is 0 Å². The Hall–Kier alpha value is -1.83. The minimum Gasteiger partial charge on any atom is -0.468 e. The summed E-state index contributed by atoms with van der Waals surface area (Å²) in [6, 6.07) is 1.52. The van der Waals surface area contributed by atoms with Crippen molar-refractivity contribution >= 4 is 23.5 Å². The van der Waals surface area contributed by atoms with Crippen molar-refractivity contribution < 1.29 is 9.53 Å². The number of carbonyl (C=O) groups is 1. The van der Waals surface area contributed by atoms with Crippen LogP contribution in [0.2, 0.25) is 0 Å². The Morgan fingerprint density at radius 1 is 1.53 bits per heavy atom. The summed E-state index contributed by atoms with van der Waals surface area (Å²) < 4.78 is 6.33. The molecular formula is C11H14N4O3S. The number of hydrogen-bond donors (Lipinski definition) is 1. The number of H-pyrrole nitrogens is 1. The number of aromatic nitrogens is 4. The maximum Gasteiger partial charge on any atom is 0.316 e. The fourth-order valence-corrected chi connectivity index (χ4v) is 2.41. The molecule has 0 fully saturated rings. The maximum absolute atomic E-state index is 11.5. The summed E-state index contributed by atoms with van der Waals surface area (Å²) >= 11 is 1.22. The molecule has 7 nitrogen and oxygen atoms in total. The molecule has 2 aromatic heterocycles. The zero-order valence-electron chi connectivity index (χ0n) is 10.8. The van der Waals surface area contributed by atoms with Crippen LogP contribution < -0.4 is 5.56 Å². The lowest BCUT2D eigenvalue weighted by molar-refractivity contribution is -0.137. The van der Waals surface area contributed by atoms with Gasteiger partial charge in [0.1, 0.15) is 0 Å². The third-order valence-electron chi connectivity index (χ3n) is 2.54. The van der Waals surface area contributed by atoms with Gasteiger partial charge in [0.2, 0.25) is 5.78 Å². The Balaban J connectivity index is 2.45.